The zero-order valence-electron chi connectivity index (χ0n) is 11.8. The zero-order valence-corrected chi connectivity index (χ0v) is 11.8. The maximum atomic E-state index is 5.32. The fraction of sp³-hybridized carbons (Fsp3) is 0.500. The third kappa shape index (κ3) is 3.89. The fourth-order valence-electron chi connectivity index (χ4n) is 1.56. The molecule has 2 rings (SSSR count). The highest BCUT2D eigenvalue weighted by Gasteiger charge is 2.06. The molecule has 0 aliphatic heterocycles. The average Bonchev–Trinajstić information content (AvgIpc) is 2.88. The van der Waals surface area contributed by atoms with E-state index in [1.54, 1.807) is 14.0 Å². The van der Waals surface area contributed by atoms with E-state index in [9.17, 15) is 0 Å². The third-order valence-electron chi connectivity index (χ3n) is 2.46. The van der Waals surface area contributed by atoms with Crippen molar-refractivity contribution in [1.29, 1.82) is 0 Å². The van der Waals surface area contributed by atoms with Gasteiger partial charge in [0, 0.05) is 26.6 Å². The van der Waals surface area contributed by atoms with Crippen molar-refractivity contribution in [2.45, 2.75) is 27.0 Å². The summed E-state index contributed by atoms with van der Waals surface area (Å²) in [6, 6.07) is 1.81. The molecule has 108 valence electrons. The Labute approximate surface area is 117 Å². The summed E-state index contributed by atoms with van der Waals surface area (Å²) in [6.45, 7) is 5.12. The topological polar surface area (TPSA) is 98.0 Å². The predicted octanol–water partition coefficient (Wildman–Crippen LogP) is 1.36. The van der Waals surface area contributed by atoms with Gasteiger partial charge in [0.2, 0.25) is 5.89 Å². The molecule has 2 aromatic heterocycles. The van der Waals surface area contributed by atoms with Gasteiger partial charge >= 0.3 is 0 Å². The molecule has 0 saturated heterocycles. The van der Waals surface area contributed by atoms with Gasteiger partial charge in [-0.25, -0.2) is 9.97 Å². The normalized spacial score (nSPS) is 10.6. The van der Waals surface area contributed by atoms with Crippen LogP contribution in [0.1, 0.15) is 24.5 Å². The van der Waals surface area contributed by atoms with Crippen molar-refractivity contribution in [3.63, 3.8) is 0 Å². The summed E-state index contributed by atoms with van der Waals surface area (Å²) in [4.78, 5) is 12.8. The molecule has 2 N–H and O–H groups in total. The maximum Gasteiger partial charge on any atom is 0.223 e. The van der Waals surface area contributed by atoms with E-state index in [0.717, 1.165) is 5.82 Å². The number of hydrogen-bond donors (Lipinski definition) is 2. The van der Waals surface area contributed by atoms with Crippen molar-refractivity contribution in [1.82, 2.24) is 20.1 Å². The number of aromatic nitrogens is 4. The molecule has 0 bridgehead atoms. The summed E-state index contributed by atoms with van der Waals surface area (Å²) in [5.41, 5.74) is 0. The third-order valence-corrected chi connectivity index (χ3v) is 2.46. The number of nitrogens with one attached hydrogen (secondary N) is 2. The Morgan fingerprint density at radius 1 is 1.20 bits per heavy atom. The van der Waals surface area contributed by atoms with E-state index < -0.39 is 0 Å². The molecule has 0 amide bonds. The lowest BCUT2D eigenvalue weighted by atomic mass is 10.4. The van der Waals surface area contributed by atoms with Crippen molar-refractivity contribution in [3.05, 3.63) is 23.6 Å². The molecule has 0 radical (unpaired) electrons. The molecule has 2 aromatic rings. The zero-order chi connectivity index (χ0) is 14.4. The van der Waals surface area contributed by atoms with E-state index >= 15 is 0 Å². The van der Waals surface area contributed by atoms with Crippen LogP contribution in [0.25, 0.3) is 0 Å². The lowest BCUT2D eigenvalue weighted by Gasteiger charge is -2.08. The molecule has 20 heavy (non-hydrogen) atoms. The van der Waals surface area contributed by atoms with Crippen LogP contribution in [-0.4, -0.2) is 33.8 Å². The fourth-order valence-corrected chi connectivity index (χ4v) is 1.56. The van der Waals surface area contributed by atoms with Gasteiger partial charge in [0.15, 0.2) is 11.6 Å². The van der Waals surface area contributed by atoms with Crippen molar-refractivity contribution in [3.8, 4) is 0 Å². The Bertz CT molecular complexity index is 557. The first-order valence-corrected chi connectivity index (χ1v) is 6.37. The van der Waals surface area contributed by atoms with Crippen LogP contribution in [0.5, 0.6) is 0 Å². The summed E-state index contributed by atoms with van der Waals surface area (Å²) in [5.74, 6) is 3.14. The maximum absolute atomic E-state index is 5.32. The van der Waals surface area contributed by atoms with Gasteiger partial charge in [-0.1, -0.05) is 5.16 Å². The first-order valence-electron chi connectivity index (χ1n) is 6.37. The van der Waals surface area contributed by atoms with Gasteiger partial charge in [0.05, 0.1) is 6.54 Å². The number of nitrogens with zero attached hydrogens (tertiary/aromatic N) is 4. The van der Waals surface area contributed by atoms with Crippen LogP contribution in [0.2, 0.25) is 0 Å². The molecule has 8 heteroatoms. The van der Waals surface area contributed by atoms with Crippen LogP contribution in [0.15, 0.2) is 10.6 Å². The molecule has 0 atom stereocenters. The molecule has 8 nitrogen and oxygen atoms in total. The summed E-state index contributed by atoms with van der Waals surface area (Å²) in [5, 5.41) is 9.94. The van der Waals surface area contributed by atoms with E-state index in [1.165, 1.54) is 0 Å². The Morgan fingerprint density at radius 2 is 2.00 bits per heavy atom. The first-order chi connectivity index (χ1) is 9.71. The van der Waals surface area contributed by atoms with Crippen molar-refractivity contribution in [2.24, 2.45) is 0 Å². The smallest absolute Gasteiger partial charge is 0.223 e. The van der Waals surface area contributed by atoms with Gasteiger partial charge in [0.1, 0.15) is 18.2 Å². The number of rotatable bonds is 7. The minimum absolute atomic E-state index is 0.377. The minimum Gasteiger partial charge on any atom is -0.374 e. The molecule has 0 aromatic carbocycles. The van der Waals surface area contributed by atoms with Crippen molar-refractivity contribution < 1.29 is 9.26 Å². The molecular weight excluding hydrogens is 260 g/mol. The van der Waals surface area contributed by atoms with Gasteiger partial charge in [-0.05, 0) is 6.92 Å². The molecule has 0 aliphatic rings. The molecular formula is C12H18N6O2. The molecule has 2 heterocycles. The van der Waals surface area contributed by atoms with Crippen molar-refractivity contribution >= 4 is 11.6 Å². The Balaban J connectivity index is 2.05. The Morgan fingerprint density at radius 3 is 2.65 bits per heavy atom. The van der Waals surface area contributed by atoms with Gasteiger partial charge in [-0.3, -0.25) is 0 Å². The quantitative estimate of drug-likeness (QED) is 0.783. The minimum atomic E-state index is 0.377. The summed E-state index contributed by atoms with van der Waals surface area (Å²) >= 11 is 0. The highest BCUT2D eigenvalue weighted by molar-refractivity contribution is 5.47. The molecule has 0 saturated carbocycles. The summed E-state index contributed by atoms with van der Waals surface area (Å²) < 4.78 is 10.2. The lowest BCUT2D eigenvalue weighted by Crippen LogP contribution is -2.08. The van der Waals surface area contributed by atoms with E-state index in [1.807, 2.05) is 13.0 Å². The van der Waals surface area contributed by atoms with Crippen LogP contribution in [0, 0.1) is 6.92 Å². The van der Waals surface area contributed by atoms with Crippen molar-refractivity contribution in [2.75, 3.05) is 24.3 Å². The van der Waals surface area contributed by atoms with Crippen LogP contribution in [-0.2, 0) is 17.9 Å². The molecule has 0 unspecified atom stereocenters. The van der Waals surface area contributed by atoms with Crippen LogP contribution in [0.4, 0.5) is 11.6 Å². The van der Waals surface area contributed by atoms with E-state index in [0.29, 0.717) is 43.1 Å². The van der Waals surface area contributed by atoms with Gasteiger partial charge in [0.25, 0.3) is 0 Å². The average molecular weight is 278 g/mol. The van der Waals surface area contributed by atoms with Crippen LogP contribution < -0.4 is 10.6 Å². The number of anilines is 2. The summed E-state index contributed by atoms with van der Waals surface area (Å²) in [6.07, 6.45) is 0. The highest BCUT2D eigenvalue weighted by atomic mass is 16.5. The number of ether oxygens (including phenoxy) is 1. The monoisotopic (exact) mass is 278 g/mol. The Kier molecular flexibility index (Phi) is 4.83. The largest absolute Gasteiger partial charge is 0.374 e. The van der Waals surface area contributed by atoms with Crippen LogP contribution in [0.3, 0.4) is 0 Å². The molecule has 0 fully saturated rings. The Hall–Kier alpha value is -2.22. The standard InChI is InChI=1S/C12H18N6O2/c1-4-19-7-12-16-9(13-3)5-10(17-12)14-6-11-15-8(2)20-18-11/h5H,4,6-7H2,1-3H3,(H2,13,14,16,17). The van der Waals surface area contributed by atoms with Gasteiger partial charge < -0.3 is 19.9 Å². The van der Waals surface area contributed by atoms with Crippen LogP contribution >= 0.6 is 0 Å². The van der Waals surface area contributed by atoms with E-state index in [-0.39, 0.29) is 0 Å². The SMILES string of the molecule is CCOCc1nc(NC)cc(NCc2noc(C)n2)n1. The highest BCUT2D eigenvalue weighted by Crippen LogP contribution is 2.12. The van der Waals surface area contributed by atoms with E-state index in [2.05, 4.69) is 30.7 Å². The number of aryl methyl sites for hydroxylation is 1. The second kappa shape index (κ2) is 6.80. The lowest BCUT2D eigenvalue weighted by molar-refractivity contribution is 0.128. The molecule has 0 aliphatic carbocycles. The van der Waals surface area contributed by atoms with Gasteiger partial charge in [-0.2, -0.15) is 4.98 Å². The first kappa shape index (κ1) is 14.2. The summed E-state index contributed by atoms with van der Waals surface area (Å²) in [7, 11) is 1.80. The second-order valence-corrected chi connectivity index (χ2v) is 4.02. The predicted molar refractivity (Wildman–Crippen MR) is 73.3 cm³/mol. The van der Waals surface area contributed by atoms with Gasteiger partial charge in [-0.15, -0.1) is 0 Å². The molecule has 0 spiro atoms. The second-order valence-electron chi connectivity index (χ2n) is 4.02. The number of hydrogen-bond acceptors (Lipinski definition) is 8. The van der Waals surface area contributed by atoms with E-state index in [4.69, 9.17) is 9.26 Å².